The van der Waals surface area contributed by atoms with Crippen LogP contribution in [-0.4, -0.2) is 44.3 Å². The van der Waals surface area contributed by atoms with Crippen molar-refractivity contribution in [3.8, 4) is 0 Å². The topological polar surface area (TPSA) is 117 Å². The van der Waals surface area contributed by atoms with Gasteiger partial charge in [0.05, 0.1) is 6.54 Å². The van der Waals surface area contributed by atoms with Crippen molar-refractivity contribution < 1.29 is 14.9 Å². The van der Waals surface area contributed by atoms with Gasteiger partial charge in [0.2, 0.25) is 0 Å². The lowest BCUT2D eigenvalue weighted by Gasteiger charge is -2.21. The van der Waals surface area contributed by atoms with Gasteiger partial charge in [-0.3, -0.25) is 14.3 Å². The number of rotatable bonds is 0. The van der Waals surface area contributed by atoms with E-state index in [4.69, 9.17) is 4.74 Å². The predicted octanol–water partition coefficient (Wildman–Crippen LogP) is -2.59. The summed E-state index contributed by atoms with van der Waals surface area (Å²) in [5, 5.41) is 22.0. The number of aliphatic hydroxyl groups is 2. The first-order valence-electron chi connectivity index (χ1n) is 5.18. The zero-order valence-electron chi connectivity index (χ0n) is 8.66. The third-order valence-electron chi connectivity index (χ3n) is 3.05. The molecule has 0 aromatic carbocycles. The molecule has 92 valence electrons. The number of aromatic amines is 1. The van der Waals surface area contributed by atoms with Crippen LogP contribution in [0.2, 0.25) is 0 Å². The normalized spacial score (nSPS) is 34.9. The first kappa shape index (κ1) is 10.5. The zero-order valence-corrected chi connectivity index (χ0v) is 8.66. The van der Waals surface area contributed by atoms with Gasteiger partial charge < -0.3 is 20.3 Å². The number of aliphatic hydroxyl groups excluding tert-OH is 2. The summed E-state index contributed by atoms with van der Waals surface area (Å²) in [5.74, 6) is 0.275. The second-order valence-electron chi connectivity index (χ2n) is 4.16. The lowest BCUT2D eigenvalue weighted by molar-refractivity contribution is 0.0122. The van der Waals surface area contributed by atoms with E-state index in [0.717, 1.165) is 0 Å². The molecule has 2 aliphatic rings. The summed E-state index contributed by atoms with van der Waals surface area (Å²) in [5.41, 5.74) is -1.10. The largest absolute Gasteiger partial charge is 0.387 e. The molecule has 8 heteroatoms. The van der Waals surface area contributed by atoms with Crippen LogP contribution in [0.5, 0.6) is 0 Å². The summed E-state index contributed by atoms with van der Waals surface area (Å²) in [4.78, 5) is 24.9. The van der Waals surface area contributed by atoms with Crippen LogP contribution in [-0.2, 0) is 11.3 Å². The van der Waals surface area contributed by atoms with Gasteiger partial charge in [-0.25, -0.2) is 4.79 Å². The third-order valence-corrected chi connectivity index (χ3v) is 3.05. The first-order chi connectivity index (χ1) is 8.06. The fraction of sp³-hybridized carbons (Fsp3) is 0.556. The Bertz CT molecular complexity index is 564. The number of hydrogen-bond donors (Lipinski definition) is 4. The van der Waals surface area contributed by atoms with E-state index in [2.05, 4.69) is 10.3 Å². The molecule has 1 saturated heterocycles. The van der Waals surface area contributed by atoms with Crippen molar-refractivity contribution in [1.82, 2.24) is 9.55 Å². The maximum Gasteiger partial charge on any atom is 0.329 e. The Hall–Kier alpha value is -1.64. The van der Waals surface area contributed by atoms with Gasteiger partial charge in [-0.2, -0.15) is 0 Å². The number of anilines is 1. The van der Waals surface area contributed by atoms with Crippen molar-refractivity contribution in [2.24, 2.45) is 0 Å². The van der Waals surface area contributed by atoms with Gasteiger partial charge in [0, 0.05) is 6.07 Å². The molecular formula is C9H11N3O5. The van der Waals surface area contributed by atoms with Crippen molar-refractivity contribution in [1.29, 1.82) is 0 Å². The van der Waals surface area contributed by atoms with E-state index in [9.17, 15) is 19.8 Å². The quantitative estimate of drug-likeness (QED) is 0.396. The minimum atomic E-state index is -1.08. The first-order valence-corrected chi connectivity index (χ1v) is 5.18. The Morgan fingerprint density at radius 2 is 2.12 bits per heavy atom. The van der Waals surface area contributed by atoms with E-state index >= 15 is 0 Å². The van der Waals surface area contributed by atoms with E-state index in [1.54, 1.807) is 0 Å². The van der Waals surface area contributed by atoms with E-state index in [-0.39, 0.29) is 12.4 Å². The monoisotopic (exact) mass is 241 g/mol. The molecule has 4 N–H and O–H groups in total. The van der Waals surface area contributed by atoms with E-state index in [0.29, 0.717) is 0 Å². The molecule has 0 amide bonds. The van der Waals surface area contributed by atoms with Gasteiger partial charge in [0.25, 0.3) is 5.56 Å². The fourth-order valence-corrected chi connectivity index (χ4v) is 2.17. The van der Waals surface area contributed by atoms with E-state index in [1.165, 1.54) is 10.6 Å². The van der Waals surface area contributed by atoms with Crippen LogP contribution in [0.4, 0.5) is 5.82 Å². The number of aromatic nitrogens is 2. The summed E-state index contributed by atoms with van der Waals surface area (Å²) >= 11 is 0. The molecule has 3 heterocycles. The highest BCUT2D eigenvalue weighted by atomic mass is 16.6. The van der Waals surface area contributed by atoms with Gasteiger partial charge in [-0.15, -0.1) is 0 Å². The van der Waals surface area contributed by atoms with Crippen molar-refractivity contribution in [3.63, 3.8) is 0 Å². The molecule has 8 nitrogen and oxygen atoms in total. The fourth-order valence-electron chi connectivity index (χ4n) is 2.17. The molecule has 0 aliphatic carbocycles. The number of nitrogens with one attached hydrogen (secondary N) is 2. The molecule has 1 fully saturated rings. The summed E-state index contributed by atoms with van der Waals surface area (Å²) < 4.78 is 6.60. The minimum absolute atomic E-state index is 0.0761. The smallest absolute Gasteiger partial charge is 0.329 e. The lowest BCUT2D eigenvalue weighted by atomic mass is 10.1. The molecule has 1 aromatic heterocycles. The number of H-pyrrole nitrogens is 1. The van der Waals surface area contributed by atoms with Gasteiger partial charge in [-0.05, 0) is 0 Å². The molecule has 2 bridgehead atoms. The van der Waals surface area contributed by atoms with Crippen molar-refractivity contribution >= 4 is 5.82 Å². The molecule has 0 spiro atoms. The van der Waals surface area contributed by atoms with Gasteiger partial charge in [0.15, 0.2) is 6.23 Å². The molecule has 3 unspecified atom stereocenters. The lowest BCUT2D eigenvalue weighted by Crippen LogP contribution is -2.43. The Balaban J connectivity index is 2.12. The van der Waals surface area contributed by atoms with Gasteiger partial charge >= 0.3 is 5.69 Å². The summed E-state index contributed by atoms with van der Waals surface area (Å²) in [6.45, 7) is 0.0761. The SMILES string of the molecule is O=c1cc2n(c(=O)[nH]1)CC1OC(N2)C(O)[C@@H]1O. The number of ether oxygens (including phenoxy) is 1. The van der Waals surface area contributed by atoms with Gasteiger partial charge in [-0.1, -0.05) is 0 Å². The average Bonchev–Trinajstić information content (AvgIpc) is 2.48. The van der Waals surface area contributed by atoms with Crippen LogP contribution >= 0.6 is 0 Å². The van der Waals surface area contributed by atoms with Crippen LogP contribution in [0, 0.1) is 0 Å². The second-order valence-corrected chi connectivity index (χ2v) is 4.16. The summed E-state index contributed by atoms with van der Waals surface area (Å²) in [6.07, 6.45) is -3.63. The highest BCUT2D eigenvalue weighted by Crippen LogP contribution is 2.26. The molecule has 17 heavy (non-hydrogen) atoms. The van der Waals surface area contributed by atoms with Crippen molar-refractivity contribution in [2.45, 2.75) is 31.1 Å². The highest BCUT2D eigenvalue weighted by molar-refractivity contribution is 5.36. The Morgan fingerprint density at radius 3 is 2.88 bits per heavy atom. The predicted molar refractivity (Wildman–Crippen MR) is 55.6 cm³/mol. The van der Waals surface area contributed by atoms with Crippen LogP contribution < -0.4 is 16.6 Å². The molecule has 4 atom stereocenters. The molecule has 0 radical (unpaired) electrons. The number of fused-ring (bicyclic) bond motifs is 3. The third kappa shape index (κ3) is 1.49. The molecule has 2 aliphatic heterocycles. The Morgan fingerprint density at radius 1 is 1.35 bits per heavy atom. The van der Waals surface area contributed by atoms with E-state index in [1.807, 2.05) is 0 Å². The highest BCUT2D eigenvalue weighted by Gasteiger charge is 2.45. The summed E-state index contributed by atoms with van der Waals surface area (Å²) in [7, 11) is 0. The molecular weight excluding hydrogens is 230 g/mol. The maximum atomic E-state index is 11.6. The minimum Gasteiger partial charge on any atom is -0.387 e. The van der Waals surface area contributed by atoms with E-state index < -0.39 is 35.8 Å². The van der Waals surface area contributed by atoms with Crippen LogP contribution in [0.15, 0.2) is 15.7 Å². The number of hydrogen-bond acceptors (Lipinski definition) is 6. The average molecular weight is 241 g/mol. The molecule has 0 saturated carbocycles. The number of nitrogens with zero attached hydrogens (tertiary/aromatic N) is 1. The van der Waals surface area contributed by atoms with Crippen molar-refractivity contribution in [3.05, 3.63) is 26.9 Å². The van der Waals surface area contributed by atoms with Crippen molar-refractivity contribution in [2.75, 3.05) is 5.32 Å². The van der Waals surface area contributed by atoms with Crippen LogP contribution in [0.25, 0.3) is 0 Å². The maximum absolute atomic E-state index is 11.6. The Kier molecular flexibility index (Phi) is 2.12. The second kappa shape index (κ2) is 3.42. The summed E-state index contributed by atoms with van der Waals surface area (Å²) in [6, 6.07) is 1.21. The van der Waals surface area contributed by atoms with Crippen LogP contribution in [0.1, 0.15) is 0 Å². The Labute approximate surface area is 94.5 Å². The molecule has 1 aromatic rings. The van der Waals surface area contributed by atoms with Gasteiger partial charge in [0.1, 0.15) is 24.1 Å². The van der Waals surface area contributed by atoms with Crippen LogP contribution in [0.3, 0.4) is 0 Å². The molecule has 3 rings (SSSR count). The zero-order chi connectivity index (χ0) is 12.2. The standard InChI is InChI=1S/C9H11N3O5/c13-5-1-4-10-8-7(15)6(14)3(17-8)2-12(4)9(16)11-5/h1,3,6-8,10,14-15H,2H2,(H,11,13,16)/t3?,6-,7?,8?/m1/s1.